The molecule has 7 heteroatoms. The molecule has 3 aromatic rings. The Morgan fingerprint density at radius 2 is 1.97 bits per heavy atom. The highest BCUT2D eigenvalue weighted by Crippen LogP contribution is 2.39. The van der Waals surface area contributed by atoms with Crippen LogP contribution >= 0.6 is 0 Å². The number of aromatic nitrogens is 3. The van der Waals surface area contributed by atoms with E-state index >= 15 is 0 Å². The zero-order valence-corrected chi connectivity index (χ0v) is 19.6. The molecule has 32 heavy (non-hydrogen) atoms. The number of anilines is 1. The fourth-order valence-corrected chi connectivity index (χ4v) is 5.42. The Hall–Kier alpha value is -2.64. The lowest BCUT2D eigenvalue weighted by Gasteiger charge is -2.28. The minimum absolute atomic E-state index is 0.190. The van der Waals surface area contributed by atoms with Gasteiger partial charge in [-0.15, -0.1) is 0 Å². The quantitative estimate of drug-likeness (QED) is 0.587. The van der Waals surface area contributed by atoms with Crippen molar-refractivity contribution in [2.75, 3.05) is 39.4 Å². The Morgan fingerprint density at radius 3 is 2.69 bits per heavy atom. The van der Waals surface area contributed by atoms with Gasteiger partial charge in [0.15, 0.2) is 5.65 Å². The van der Waals surface area contributed by atoms with Crippen LogP contribution in [0.4, 0.5) is 5.82 Å². The van der Waals surface area contributed by atoms with Gasteiger partial charge in [0, 0.05) is 37.6 Å². The zero-order valence-electron chi connectivity index (χ0n) is 19.6. The van der Waals surface area contributed by atoms with Crippen molar-refractivity contribution >= 4 is 11.5 Å². The third-order valence-corrected chi connectivity index (χ3v) is 6.98. The second kappa shape index (κ2) is 8.37. The fraction of sp³-hybridized carbons (Fsp3) is 0.520. The Kier molecular flexibility index (Phi) is 5.55. The van der Waals surface area contributed by atoms with Gasteiger partial charge < -0.3 is 19.1 Å². The largest absolute Gasteiger partial charge is 0.497 e. The first-order chi connectivity index (χ1) is 15.5. The maximum Gasteiger partial charge on any atom is 0.165 e. The first-order valence-corrected chi connectivity index (χ1v) is 11.4. The van der Waals surface area contributed by atoms with Gasteiger partial charge in [-0.3, -0.25) is 0 Å². The summed E-state index contributed by atoms with van der Waals surface area (Å²) in [4.78, 5) is 7.61. The molecule has 7 nitrogen and oxygen atoms in total. The summed E-state index contributed by atoms with van der Waals surface area (Å²) >= 11 is 0. The molecular weight excluding hydrogens is 404 g/mol. The molecule has 0 bridgehead atoms. The van der Waals surface area contributed by atoms with Crippen molar-refractivity contribution in [3.8, 4) is 16.9 Å². The van der Waals surface area contributed by atoms with Gasteiger partial charge >= 0.3 is 0 Å². The third-order valence-electron chi connectivity index (χ3n) is 6.98. The average Bonchev–Trinajstić information content (AvgIpc) is 3.49. The molecule has 0 amide bonds. The minimum Gasteiger partial charge on any atom is -0.497 e. The topological polar surface area (TPSA) is 61.1 Å². The molecule has 170 valence electrons. The lowest BCUT2D eigenvalue weighted by atomic mass is 10.0. The summed E-state index contributed by atoms with van der Waals surface area (Å²) in [6.45, 7) is 5.71. The van der Waals surface area contributed by atoms with E-state index in [1.807, 2.05) is 6.07 Å². The van der Waals surface area contributed by atoms with Gasteiger partial charge in [0.2, 0.25) is 0 Å². The lowest BCUT2D eigenvalue weighted by molar-refractivity contribution is 0.111. The van der Waals surface area contributed by atoms with Crippen molar-refractivity contribution in [3.05, 3.63) is 40.7 Å². The molecule has 1 aliphatic carbocycles. The highest BCUT2D eigenvalue weighted by Gasteiger charge is 2.37. The molecule has 5 rings (SSSR count). The number of benzene rings is 1. The molecule has 3 heterocycles. The van der Waals surface area contributed by atoms with E-state index in [0.29, 0.717) is 6.61 Å². The van der Waals surface area contributed by atoms with Crippen molar-refractivity contribution < 1.29 is 14.2 Å². The Balaban J connectivity index is 1.72. The summed E-state index contributed by atoms with van der Waals surface area (Å²) in [6, 6.07) is 6.47. The number of aryl methyl sites for hydroxylation is 3. The highest BCUT2D eigenvalue weighted by atomic mass is 16.5. The third kappa shape index (κ3) is 3.35. The molecule has 0 N–H and O–H groups in total. The number of ether oxygens (including phenoxy) is 3. The molecule has 0 unspecified atom stereocenters. The maximum absolute atomic E-state index is 5.75. The van der Waals surface area contributed by atoms with E-state index in [1.165, 1.54) is 17.1 Å². The Morgan fingerprint density at radius 1 is 1.12 bits per heavy atom. The second-order valence-electron chi connectivity index (χ2n) is 8.95. The van der Waals surface area contributed by atoms with Crippen LogP contribution in [0.3, 0.4) is 0 Å². The van der Waals surface area contributed by atoms with Crippen LogP contribution < -0.4 is 9.64 Å². The molecule has 2 aromatic heterocycles. The van der Waals surface area contributed by atoms with E-state index < -0.39 is 0 Å². The van der Waals surface area contributed by atoms with Crippen LogP contribution in [0.5, 0.6) is 5.75 Å². The summed E-state index contributed by atoms with van der Waals surface area (Å²) in [5.41, 5.74) is 7.87. The lowest BCUT2D eigenvalue weighted by Crippen LogP contribution is -2.35. The fourth-order valence-electron chi connectivity index (χ4n) is 5.42. The van der Waals surface area contributed by atoms with Crippen LogP contribution in [0.2, 0.25) is 0 Å². The molecule has 1 aromatic carbocycles. The van der Waals surface area contributed by atoms with E-state index in [-0.39, 0.29) is 12.1 Å². The van der Waals surface area contributed by atoms with E-state index in [4.69, 9.17) is 24.3 Å². The van der Waals surface area contributed by atoms with Gasteiger partial charge in [0.25, 0.3) is 0 Å². The summed E-state index contributed by atoms with van der Waals surface area (Å²) in [5.74, 6) is 2.03. The minimum atomic E-state index is 0.190. The smallest absolute Gasteiger partial charge is 0.165 e. The van der Waals surface area contributed by atoms with E-state index in [2.05, 4.69) is 35.4 Å². The molecule has 1 saturated heterocycles. The summed E-state index contributed by atoms with van der Waals surface area (Å²) in [7, 11) is 5.27. The molecule has 2 atom stereocenters. The number of fused-ring (bicyclic) bond motifs is 2. The van der Waals surface area contributed by atoms with Crippen LogP contribution in [0.15, 0.2) is 18.2 Å². The molecule has 1 fully saturated rings. The Labute approximate surface area is 189 Å². The number of hydrogen-bond donors (Lipinski definition) is 0. The SMILES string of the molecule is COC[C@@H]1C[C@@H](OC)CN1c1c2c(nc3c(-c4ccc(OC)cc4C)c(C)nn13)CCC2. The maximum atomic E-state index is 5.75. The van der Waals surface area contributed by atoms with Crippen LogP contribution in [0.1, 0.15) is 35.4 Å². The van der Waals surface area contributed by atoms with E-state index in [0.717, 1.165) is 66.0 Å². The van der Waals surface area contributed by atoms with E-state index in [9.17, 15) is 0 Å². The van der Waals surface area contributed by atoms with Crippen molar-refractivity contribution in [2.45, 2.75) is 51.7 Å². The predicted octanol–water partition coefficient (Wildman–Crippen LogP) is 3.75. The molecule has 0 radical (unpaired) electrons. The predicted molar refractivity (Wildman–Crippen MR) is 125 cm³/mol. The van der Waals surface area contributed by atoms with Gasteiger partial charge in [-0.2, -0.15) is 9.61 Å². The van der Waals surface area contributed by atoms with Crippen LogP contribution in [0.25, 0.3) is 16.8 Å². The Bertz CT molecular complexity index is 1160. The van der Waals surface area contributed by atoms with Crippen LogP contribution in [-0.2, 0) is 22.3 Å². The molecular formula is C25H32N4O3. The monoisotopic (exact) mass is 436 g/mol. The molecule has 0 spiro atoms. The first kappa shape index (κ1) is 21.2. The second-order valence-corrected chi connectivity index (χ2v) is 8.95. The van der Waals surface area contributed by atoms with Crippen LogP contribution in [0, 0.1) is 13.8 Å². The number of rotatable bonds is 6. The van der Waals surface area contributed by atoms with Crippen LogP contribution in [-0.4, -0.2) is 61.2 Å². The number of hydrogen-bond acceptors (Lipinski definition) is 6. The van der Waals surface area contributed by atoms with Gasteiger partial charge in [-0.1, -0.05) is 6.07 Å². The van der Waals surface area contributed by atoms with E-state index in [1.54, 1.807) is 21.3 Å². The normalized spacial score (nSPS) is 20.3. The number of methoxy groups -OCH3 is 3. The summed E-state index contributed by atoms with van der Waals surface area (Å²) in [6.07, 6.45) is 4.33. The molecule has 2 aliphatic rings. The average molecular weight is 437 g/mol. The summed E-state index contributed by atoms with van der Waals surface area (Å²) < 4.78 is 18.8. The first-order valence-electron chi connectivity index (χ1n) is 11.4. The van der Waals surface area contributed by atoms with Gasteiger partial charge in [0.05, 0.1) is 31.6 Å². The summed E-state index contributed by atoms with van der Waals surface area (Å²) in [5, 5.41) is 5.04. The molecule has 1 aliphatic heterocycles. The van der Waals surface area contributed by atoms with Crippen molar-refractivity contribution in [1.29, 1.82) is 0 Å². The molecule has 0 saturated carbocycles. The van der Waals surface area contributed by atoms with Gasteiger partial charge in [-0.05, 0) is 62.8 Å². The van der Waals surface area contributed by atoms with Crippen molar-refractivity contribution in [3.63, 3.8) is 0 Å². The standard InChI is InChI=1S/C25H32N4O3/c1-15-11-18(31-4)9-10-20(15)23-16(2)27-29-24(23)26-22-8-6-7-21(22)25(29)28-13-19(32-5)12-17(28)14-30-3/h9-11,17,19H,6-8,12-14H2,1-5H3/t17-,19+/m0/s1. The van der Waals surface area contributed by atoms with Crippen molar-refractivity contribution in [1.82, 2.24) is 14.6 Å². The van der Waals surface area contributed by atoms with Crippen molar-refractivity contribution in [2.24, 2.45) is 0 Å². The zero-order chi connectivity index (χ0) is 22.4. The number of nitrogens with zero attached hydrogens (tertiary/aromatic N) is 4. The highest BCUT2D eigenvalue weighted by molar-refractivity contribution is 5.83. The van der Waals surface area contributed by atoms with Gasteiger partial charge in [0.1, 0.15) is 11.6 Å². The van der Waals surface area contributed by atoms with Gasteiger partial charge in [-0.25, -0.2) is 4.98 Å².